The van der Waals surface area contributed by atoms with Gasteiger partial charge in [0, 0.05) is 45.9 Å². The maximum absolute atomic E-state index is 12.5. The van der Waals surface area contributed by atoms with Crippen molar-refractivity contribution in [1.82, 2.24) is 15.1 Å². The molecule has 3 aromatic heterocycles. The number of rotatable bonds is 8. The Balaban J connectivity index is 1.12. The molecule has 8 nitrogen and oxygen atoms in total. The summed E-state index contributed by atoms with van der Waals surface area (Å²) in [4.78, 5) is 21.5. The van der Waals surface area contributed by atoms with Gasteiger partial charge in [-0.2, -0.15) is 0 Å². The summed E-state index contributed by atoms with van der Waals surface area (Å²) in [6.07, 6.45) is 10.8. The van der Waals surface area contributed by atoms with Gasteiger partial charge in [0.1, 0.15) is 22.7 Å². The van der Waals surface area contributed by atoms with Crippen LogP contribution in [0, 0.1) is 0 Å². The number of benzene rings is 1. The topological polar surface area (TPSA) is 108 Å². The van der Waals surface area contributed by atoms with Crippen LogP contribution in [0.2, 0.25) is 10.0 Å². The Labute approximate surface area is 253 Å². The predicted molar refractivity (Wildman–Crippen MR) is 158 cm³/mol. The second-order valence-corrected chi connectivity index (χ2v) is 12.6. The van der Waals surface area contributed by atoms with Crippen molar-refractivity contribution >= 4 is 40.1 Å². The molecule has 4 aromatic rings. The number of nitrogens with zero attached hydrogens (tertiary/aromatic N) is 3. The fourth-order valence-electron chi connectivity index (χ4n) is 6.82. The number of aromatic hydroxyl groups is 1. The van der Waals surface area contributed by atoms with Crippen molar-refractivity contribution < 1.29 is 23.9 Å². The van der Waals surface area contributed by atoms with Gasteiger partial charge in [0.05, 0.1) is 34.4 Å². The fraction of sp³-hybridized carbons (Fsp3) is 0.438. The number of fused-ring (bicyclic) bond motifs is 4. The van der Waals surface area contributed by atoms with Crippen LogP contribution >= 0.6 is 23.2 Å². The Hall–Kier alpha value is -3.20. The lowest BCUT2D eigenvalue weighted by atomic mass is 9.57. The zero-order valence-electron chi connectivity index (χ0n) is 23.3. The first-order valence-corrected chi connectivity index (χ1v) is 15.3. The van der Waals surface area contributed by atoms with Crippen LogP contribution in [0.25, 0.3) is 22.2 Å². The molecule has 0 atom stereocenters. The van der Waals surface area contributed by atoms with Gasteiger partial charge in [-0.25, -0.2) is 9.78 Å². The second-order valence-electron chi connectivity index (χ2n) is 11.8. The summed E-state index contributed by atoms with van der Waals surface area (Å²) < 4.78 is 17.8. The van der Waals surface area contributed by atoms with Gasteiger partial charge in [-0.15, -0.1) is 0 Å². The van der Waals surface area contributed by atoms with E-state index in [1.165, 1.54) is 6.07 Å². The van der Waals surface area contributed by atoms with E-state index in [0.717, 1.165) is 68.4 Å². The summed E-state index contributed by atoms with van der Waals surface area (Å²) in [5, 5.41) is 16.5. The minimum atomic E-state index is -0.415. The standard InChI is InChI=1S/C32H31Cl2N3O5/c1-2-40-30(39)20-5-7-24(38)27-19(20)6-8-25(36-27)31-9-12-32(13-10-31,14-11-31)41-17-21-28(37-42-29(21)18-3-4-18)26-22(33)15-35-16-23(26)34/h5-8,15-16,18,38H,2-4,9-14,17H2,1H3. The average molecular weight is 609 g/mol. The number of carbonyl (C=O) groups is 1. The molecule has 0 spiro atoms. The minimum absolute atomic E-state index is 0.0611. The highest BCUT2D eigenvalue weighted by atomic mass is 35.5. The molecule has 8 rings (SSSR count). The number of halogens is 2. The zero-order valence-corrected chi connectivity index (χ0v) is 24.8. The number of carbonyl (C=O) groups excluding carboxylic acids is 1. The van der Waals surface area contributed by atoms with Crippen molar-refractivity contribution in [1.29, 1.82) is 0 Å². The SMILES string of the molecule is CCOC(=O)c1ccc(O)c2nc(C34CCC(OCc5c(-c6c(Cl)cncc6Cl)noc5C5CC5)(CC3)CC4)ccc12. The van der Waals surface area contributed by atoms with Gasteiger partial charge in [-0.05, 0) is 82.6 Å². The van der Waals surface area contributed by atoms with E-state index in [9.17, 15) is 9.90 Å². The quantitative estimate of drug-likeness (QED) is 0.201. The first-order valence-electron chi connectivity index (χ1n) is 14.6. The van der Waals surface area contributed by atoms with Gasteiger partial charge in [0.25, 0.3) is 0 Å². The van der Waals surface area contributed by atoms with Gasteiger partial charge in [0.2, 0.25) is 0 Å². The molecule has 4 saturated carbocycles. The molecule has 4 aliphatic rings. The van der Waals surface area contributed by atoms with Crippen LogP contribution in [0.5, 0.6) is 5.75 Å². The van der Waals surface area contributed by atoms with Crippen molar-refractivity contribution in [3.8, 4) is 17.0 Å². The van der Waals surface area contributed by atoms with Gasteiger partial charge >= 0.3 is 5.97 Å². The molecule has 3 heterocycles. The molecule has 42 heavy (non-hydrogen) atoms. The van der Waals surface area contributed by atoms with Crippen LogP contribution in [0.1, 0.15) is 91.6 Å². The Bertz CT molecular complexity index is 1650. The van der Waals surface area contributed by atoms with E-state index in [2.05, 4.69) is 10.1 Å². The van der Waals surface area contributed by atoms with Gasteiger partial charge < -0.3 is 19.1 Å². The highest BCUT2D eigenvalue weighted by Gasteiger charge is 2.51. The number of esters is 1. The van der Waals surface area contributed by atoms with Crippen molar-refractivity contribution in [2.75, 3.05) is 6.61 Å². The first-order chi connectivity index (χ1) is 20.3. The lowest BCUT2D eigenvalue weighted by Crippen LogP contribution is -2.50. The molecule has 0 amide bonds. The Morgan fingerprint density at radius 2 is 1.76 bits per heavy atom. The Kier molecular flexibility index (Phi) is 6.91. The molecule has 0 aliphatic heterocycles. The average Bonchev–Trinajstić information content (AvgIpc) is 3.77. The van der Waals surface area contributed by atoms with Crippen LogP contribution < -0.4 is 0 Å². The lowest BCUT2D eigenvalue weighted by molar-refractivity contribution is -0.127. The molecule has 218 valence electrons. The van der Waals surface area contributed by atoms with Gasteiger partial charge in [0.15, 0.2) is 0 Å². The van der Waals surface area contributed by atoms with E-state index in [-0.39, 0.29) is 23.4 Å². The second kappa shape index (κ2) is 10.5. The molecule has 1 aromatic carbocycles. The molecule has 0 saturated heterocycles. The van der Waals surface area contributed by atoms with E-state index in [1.807, 2.05) is 12.1 Å². The van der Waals surface area contributed by atoms with Crippen LogP contribution in [0.3, 0.4) is 0 Å². The number of aromatic nitrogens is 3. The number of pyridine rings is 2. The third-order valence-electron chi connectivity index (χ3n) is 9.43. The zero-order chi connectivity index (χ0) is 29.1. The predicted octanol–water partition coefficient (Wildman–Crippen LogP) is 7.91. The number of ether oxygens (including phenoxy) is 2. The van der Waals surface area contributed by atoms with Gasteiger partial charge in [-0.1, -0.05) is 28.4 Å². The van der Waals surface area contributed by atoms with E-state index in [0.29, 0.717) is 50.3 Å². The highest BCUT2D eigenvalue weighted by Crippen LogP contribution is 2.55. The van der Waals surface area contributed by atoms with Crippen LogP contribution in [0.15, 0.2) is 41.2 Å². The maximum Gasteiger partial charge on any atom is 0.338 e. The molecular formula is C32H31Cl2N3O5. The highest BCUT2D eigenvalue weighted by molar-refractivity contribution is 6.38. The molecule has 4 fully saturated rings. The number of hydrogen-bond donors (Lipinski definition) is 1. The van der Waals surface area contributed by atoms with E-state index >= 15 is 0 Å². The van der Waals surface area contributed by atoms with E-state index < -0.39 is 5.97 Å². The normalized spacial score (nSPS) is 23.4. The summed E-state index contributed by atoms with van der Waals surface area (Å²) in [7, 11) is 0. The summed E-state index contributed by atoms with van der Waals surface area (Å²) in [6, 6.07) is 7.02. The first kappa shape index (κ1) is 27.6. The molecule has 0 unspecified atom stereocenters. The van der Waals surface area contributed by atoms with E-state index in [1.54, 1.807) is 25.4 Å². The van der Waals surface area contributed by atoms with Crippen molar-refractivity contribution in [3.05, 3.63) is 69.3 Å². The fourth-order valence-corrected chi connectivity index (χ4v) is 7.37. The summed E-state index contributed by atoms with van der Waals surface area (Å²) in [5.74, 6) is 0.869. The Morgan fingerprint density at radius 1 is 1.05 bits per heavy atom. The monoisotopic (exact) mass is 607 g/mol. The molecule has 10 heteroatoms. The molecule has 4 aliphatic carbocycles. The van der Waals surface area contributed by atoms with Crippen molar-refractivity contribution in [3.63, 3.8) is 0 Å². The van der Waals surface area contributed by atoms with Crippen LogP contribution in [-0.2, 0) is 21.5 Å². The molecular weight excluding hydrogens is 577 g/mol. The lowest BCUT2D eigenvalue weighted by Gasteiger charge is -2.52. The molecule has 2 bridgehead atoms. The van der Waals surface area contributed by atoms with Crippen LogP contribution in [-0.4, -0.2) is 38.4 Å². The van der Waals surface area contributed by atoms with Crippen LogP contribution in [0.4, 0.5) is 0 Å². The third kappa shape index (κ3) is 4.64. The summed E-state index contributed by atoms with van der Waals surface area (Å²) in [6.45, 7) is 2.44. The molecule has 1 N–H and O–H groups in total. The van der Waals surface area contributed by atoms with Gasteiger partial charge in [-0.3, -0.25) is 4.98 Å². The number of phenols is 1. The largest absolute Gasteiger partial charge is 0.506 e. The summed E-state index contributed by atoms with van der Waals surface area (Å²) >= 11 is 13.0. The smallest absolute Gasteiger partial charge is 0.338 e. The van der Waals surface area contributed by atoms with Crippen molar-refractivity contribution in [2.24, 2.45) is 0 Å². The number of hydrogen-bond acceptors (Lipinski definition) is 8. The third-order valence-corrected chi connectivity index (χ3v) is 10.0. The maximum atomic E-state index is 12.5. The Morgan fingerprint density at radius 3 is 2.43 bits per heavy atom. The van der Waals surface area contributed by atoms with E-state index in [4.69, 9.17) is 42.2 Å². The number of phenolic OH excluding ortho intramolecular Hbond substituents is 1. The molecule has 0 radical (unpaired) electrons. The minimum Gasteiger partial charge on any atom is -0.506 e. The summed E-state index contributed by atoms with van der Waals surface area (Å²) in [5.41, 5.74) is 3.66. The van der Waals surface area contributed by atoms with Crippen molar-refractivity contribution in [2.45, 2.75) is 81.8 Å².